The van der Waals surface area contributed by atoms with Crippen LogP contribution in [0.4, 0.5) is 5.69 Å². The van der Waals surface area contributed by atoms with Crippen LogP contribution in [0.5, 0.6) is 0 Å². The smallest absolute Gasteiger partial charge is 0.258 e. The quantitative estimate of drug-likeness (QED) is 0.840. The van der Waals surface area contributed by atoms with Gasteiger partial charge in [0.2, 0.25) is 10.0 Å². The summed E-state index contributed by atoms with van der Waals surface area (Å²) < 4.78 is 27.6. The Morgan fingerprint density at radius 3 is 2.54 bits per heavy atom. The maximum atomic E-state index is 13.1. The van der Waals surface area contributed by atoms with Crippen LogP contribution < -0.4 is 10.6 Å². The fourth-order valence-electron chi connectivity index (χ4n) is 3.29. The molecule has 1 unspecified atom stereocenters. The number of anilines is 1. The second-order valence-corrected chi connectivity index (χ2v) is 9.21. The molecule has 0 aliphatic carbocycles. The van der Waals surface area contributed by atoms with E-state index in [1.807, 2.05) is 13.8 Å². The highest BCUT2D eigenvalue weighted by molar-refractivity contribution is 7.89. The van der Waals surface area contributed by atoms with Crippen LogP contribution in [0.3, 0.4) is 0 Å². The van der Waals surface area contributed by atoms with Crippen molar-refractivity contribution in [1.82, 2.24) is 4.31 Å². The SMILES string of the molecule is CC(C)C(N)CCN(C)S(=O)(=O)c1ccc2c3c(cccc13)C(=O)N2C. The van der Waals surface area contributed by atoms with E-state index in [0.29, 0.717) is 35.2 Å². The van der Waals surface area contributed by atoms with Crippen LogP contribution in [0, 0.1) is 5.92 Å². The number of benzene rings is 2. The van der Waals surface area contributed by atoms with Gasteiger partial charge in [-0.15, -0.1) is 0 Å². The highest BCUT2D eigenvalue weighted by atomic mass is 32.2. The van der Waals surface area contributed by atoms with Crippen molar-refractivity contribution in [2.75, 3.05) is 25.5 Å². The zero-order valence-corrected chi connectivity index (χ0v) is 16.4. The van der Waals surface area contributed by atoms with Crippen LogP contribution in [-0.2, 0) is 10.0 Å². The van der Waals surface area contributed by atoms with E-state index in [-0.39, 0.29) is 16.8 Å². The Hall–Kier alpha value is -1.96. The summed E-state index contributed by atoms with van der Waals surface area (Å²) in [6.45, 7) is 4.40. The van der Waals surface area contributed by atoms with Gasteiger partial charge in [0.25, 0.3) is 5.91 Å². The van der Waals surface area contributed by atoms with Gasteiger partial charge in [-0.3, -0.25) is 4.79 Å². The molecular weight excluding hydrogens is 350 g/mol. The highest BCUT2D eigenvalue weighted by Crippen LogP contribution is 2.39. The van der Waals surface area contributed by atoms with Crippen LogP contribution in [0.1, 0.15) is 30.6 Å². The molecule has 0 aromatic heterocycles. The molecule has 1 aliphatic rings. The number of rotatable bonds is 6. The Balaban J connectivity index is 2.02. The van der Waals surface area contributed by atoms with Crippen LogP contribution in [-0.4, -0.2) is 45.3 Å². The van der Waals surface area contributed by atoms with Gasteiger partial charge >= 0.3 is 0 Å². The maximum absolute atomic E-state index is 13.1. The van der Waals surface area contributed by atoms with Gasteiger partial charge < -0.3 is 10.6 Å². The monoisotopic (exact) mass is 375 g/mol. The van der Waals surface area contributed by atoms with E-state index in [9.17, 15) is 13.2 Å². The summed E-state index contributed by atoms with van der Waals surface area (Å²) in [6.07, 6.45) is 0.593. The first-order valence-electron chi connectivity index (χ1n) is 8.72. The van der Waals surface area contributed by atoms with Crippen molar-refractivity contribution in [3.63, 3.8) is 0 Å². The summed E-state index contributed by atoms with van der Waals surface area (Å²) in [5, 5.41) is 1.28. The molecule has 26 heavy (non-hydrogen) atoms. The number of amides is 1. The molecule has 0 radical (unpaired) electrons. The lowest BCUT2D eigenvalue weighted by atomic mass is 10.0. The molecule has 1 heterocycles. The van der Waals surface area contributed by atoms with Gasteiger partial charge in [-0.1, -0.05) is 26.0 Å². The summed E-state index contributed by atoms with van der Waals surface area (Å²) in [5.74, 6) is 0.181. The largest absolute Gasteiger partial charge is 0.327 e. The zero-order chi connectivity index (χ0) is 19.2. The second-order valence-electron chi connectivity index (χ2n) is 7.20. The molecule has 7 heteroatoms. The number of carbonyl (C=O) groups is 1. The Labute approximate surface area is 154 Å². The van der Waals surface area contributed by atoms with Gasteiger partial charge in [-0.25, -0.2) is 12.7 Å². The lowest BCUT2D eigenvalue weighted by molar-refractivity contribution is 0.0999. The fourth-order valence-corrected chi connectivity index (χ4v) is 4.66. The number of hydrogen-bond acceptors (Lipinski definition) is 4. The van der Waals surface area contributed by atoms with Gasteiger partial charge in [0, 0.05) is 43.0 Å². The van der Waals surface area contributed by atoms with Crippen LogP contribution >= 0.6 is 0 Å². The minimum atomic E-state index is -3.68. The van der Waals surface area contributed by atoms with Crippen LogP contribution in [0.15, 0.2) is 35.2 Å². The van der Waals surface area contributed by atoms with E-state index in [4.69, 9.17) is 5.73 Å². The van der Waals surface area contributed by atoms with Gasteiger partial charge in [-0.05, 0) is 30.5 Å². The summed E-state index contributed by atoms with van der Waals surface area (Å²) in [4.78, 5) is 14.1. The average molecular weight is 375 g/mol. The molecule has 0 fully saturated rings. The van der Waals surface area contributed by atoms with Crippen LogP contribution in [0.25, 0.3) is 10.8 Å². The molecule has 1 aliphatic heterocycles. The van der Waals surface area contributed by atoms with E-state index in [1.54, 1.807) is 49.3 Å². The predicted octanol–water partition coefficient (Wildman–Crippen LogP) is 2.42. The first kappa shape index (κ1) is 18.8. The number of carbonyl (C=O) groups excluding carboxylic acids is 1. The van der Waals surface area contributed by atoms with Gasteiger partial charge in [-0.2, -0.15) is 0 Å². The third-order valence-electron chi connectivity index (χ3n) is 5.20. The molecule has 1 atom stereocenters. The normalized spacial score (nSPS) is 15.5. The number of nitrogens with two attached hydrogens (primary N) is 1. The third-order valence-corrected chi connectivity index (χ3v) is 7.11. The van der Waals surface area contributed by atoms with E-state index >= 15 is 0 Å². The molecule has 2 N–H and O–H groups in total. The summed E-state index contributed by atoms with van der Waals surface area (Å²) in [5.41, 5.74) is 7.33. The van der Waals surface area contributed by atoms with Crippen molar-refractivity contribution in [1.29, 1.82) is 0 Å². The van der Waals surface area contributed by atoms with Crippen molar-refractivity contribution in [3.8, 4) is 0 Å². The summed E-state index contributed by atoms with van der Waals surface area (Å²) >= 11 is 0. The first-order chi connectivity index (χ1) is 12.2. The van der Waals surface area contributed by atoms with Crippen LogP contribution in [0.2, 0.25) is 0 Å². The Morgan fingerprint density at radius 2 is 1.88 bits per heavy atom. The highest BCUT2D eigenvalue weighted by Gasteiger charge is 2.31. The van der Waals surface area contributed by atoms with Crippen molar-refractivity contribution in [2.45, 2.75) is 31.2 Å². The molecule has 6 nitrogen and oxygen atoms in total. The Bertz CT molecular complexity index is 969. The number of hydrogen-bond donors (Lipinski definition) is 1. The molecule has 0 saturated heterocycles. The lowest BCUT2D eigenvalue weighted by Crippen LogP contribution is -2.34. The molecule has 0 saturated carbocycles. The maximum Gasteiger partial charge on any atom is 0.258 e. The summed E-state index contributed by atoms with van der Waals surface area (Å²) in [7, 11) is -0.408. The fraction of sp³-hybridized carbons (Fsp3) is 0.421. The average Bonchev–Trinajstić information content (AvgIpc) is 2.86. The predicted molar refractivity (Wildman–Crippen MR) is 104 cm³/mol. The minimum Gasteiger partial charge on any atom is -0.327 e. The molecule has 2 aromatic rings. The number of sulfonamides is 1. The first-order valence-corrected chi connectivity index (χ1v) is 10.2. The van der Waals surface area contributed by atoms with E-state index < -0.39 is 10.0 Å². The van der Waals surface area contributed by atoms with Gasteiger partial charge in [0.15, 0.2) is 0 Å². The Morgan fingerprint density at radius 1 is 1.19 bits per heavy atom. The molecule has 2 aromatic carbocycles. The minimum absolute atomic E-state index is 0.0493. The van der Waals surface area contributed by atoms with E-state index in [2.05, 4.69) is 0 Å². The lowest BCUT2D eigenvalue weighted by Gasteiger charge is -2.22. The molecule has 3 rings (SSSR count). The van der Waals surface area contributed by atoms with Gasteiger partial charge in [0.05, 0.1) is 10.6 Å². The van der Waals surface area contributed by atoms with Gasteiger partial charge in [0.1, 0.15) is 0 Å². The molecule has 0 bridgehead atoms. The van der Waals surface area contributed by atoms with Crippen molar-refractivity contribution >= 4 is 32.4 Å². The standard InChI is InChI=1S/C19H25N3O3S/c1-12(2)15(20)10-11-21(3)26(24,25)17-9-8-16-18-13(17)6-5-7-14(18)19(23)22(16)4/h5-9,12,15H,10-11,20H2,1-4H3. The van der Waals surface area contributed by atoms with Crippen molar-refractivity contribution in [2.24, 2.45) is 11.7 Å². The van der Waals surface area contributed by atoms with Crippen molar-refractivity contribution < 1.29 is 13.2 Å². The molecular formula is C19H25N3O3S. The third kappa shape index (κ3) is 2.90. The zero-order valence-electron chi connectivity index (χ0n) is 15.6. The second kappa shape index (κ2) is 6.64. The number of nitrogens with zero attached hydrogens (tertiary/aromatic N) is 2. The molecule has 1 amide bonds. The topological polar surface area (TPSA) is 83.7 Å². The summed E-state index contributed by atoms with van der Waals surface area (Å²) in [6, 6.07) is 8.47. The van der Waals surface area contributed by atoms with E-state index in [1.165, 1.54) is 4.31 Å². The van der Waals surface area contributed by atoms with E-state index in [0.717, 1.165) is 5.69 Å². The Kier molecular flexibility index (Phi) is 4.81. The molecule has 0 spiro atoms. The van der Waals surface area contributed by atoms with Crippen molar-refractivity contribution in [3.05, 3.63) is 35.9 Å². The molecule has 140 valence electrons.